The van der Waals surface area contributed by atoms with E-state index in [2.05, 4.69) is 0 Å². The molecular formula is C15H23NO. The molecule has 17 heavy (non-hydrogen) atoms. The van der Waals surface area contributed by atoms with E-state index in [4.69, 9.17) is 5.73 Å². The lowest BCUT2D eigenvalue weighted by atomic mass is 9.76. The van der Waals surface area contributed by atoms with Crippen molar-refractivity contribution in [3.8, 4) is 0 Å². The molecule has 1 aliphatic carbocycles. The maximum absolute atomic E-state index is 10.5. The molecule has 1 saturated carbocycles. The van der Waals surface area contributed by atoms with Crippen LogP contribution in [0.15, 0.2) is 30.3 Å². The van der Waals surface area contributed by atoms with Crippen LogP contribution in [0.4, 0.5) is 0 Å². The van der Waals surface area contributed by atoms with Crippen LogP contribution in [0.1, 0.15) is 43.8 Å². The van der Waals surface area contributed by atoms with Gasteiger partial charge in [0.2, 0.25) is 0 Å². The number of benzene rings is 1. The summed E-state index contributed by atoms with van der Waals surface area (Å²) in [5.74, 6) is 0.821. The van der Waals surface area contributed by atoms with Gasteiger partial charge in [0, 0.05) is 5.92 Å². The van der Waals surface area contributed by atoms with Gasteiger partial charge in [0.15, 0.2) is 0 Å². The van der Waals surface area contributed by atoms with Gasteiger partial charge in [-0.15, -0.1) is 0 Å². The van der Waals surface area contributed by atoms with Crippen molar-refractivity contribution in [3.05, 3.63) is 35.9 Å². The lowest BCUT2D eigenvalue weighted by Gasteiger charge is -2.32. The van der Waals surface area contributed by atoms with E-state index in [1.165, 1.54) is 32.1 Å². The van der Waals surface area contributed by atoms with Crippen LogP contribution in [-0.2, 0) is 0 Å². The highest BCUT2D eigenvalue weighted by atomic mass is 16.3. The standard InChI is InChI=1S/C15H23NO/c16-11-14(12-7-3-1-4-8-12)15(17)13-9-5-2-6-10-13/h2,5-6,9-10,12,14-15,17H,1,3-4,7-8,11,16H2. The average molecular weight is 233 g/mol. The first-order valence-electron chi connectivity index (χ1n) is 6.76. The Morgan fingerprint density at radius 2 is 1.76 bits per heavy atom. The van der Waals surface area contributed by atoms with Crippen LogP contribution in [-0.4, -0.2) is 11.7 Å². The molecule has 1 aromatic rings. The monoisotopic (exact) mass is 233 g/mol. The Labute approximate surface area is 104 Å². The van der Waals surface area contributed by atoms with Crippen LogP contribution in [0.25, 0.3) is 0 Å². The first-order valence-corrected chi connectivity index (χ1v) is 6.76. The van der Waals surface area contributed by atoms with E-state index in [0.29, 0.717) is 12.5 Å². The zero-order valence-electron chi connectivity index (χ0n) is 10.4. The second-order valence-corrected chi connectivity index (χ2v) is 5.15. The molecule has 0 radical (unpaired) electrons. The molecule has 0 bridgehead atoms. The number of rotatable bonds is 4. The summed E-state index contributed by atoms with van der Waals surface area (Å²) >= 11 is 0. The SMILES string of the molecule is NCC(C1CCCCC1)C(O)c1ccccc1. The van der Waals surface area contributed by atoms with Gasteiger partial charge >= 0.3 is 0 Å². The maximum atomic E-state index is 10.5. The van der Waals surface area contributed by atoms with E-state index in [-0.39, 0.29) is 5.92 Å². The summed E-state index contributed by atoms with van der Waals surface area (Å²) in [6.07, 6.45) is 5.99. The summed E-state index contributed by atoms with van der Waals surface area (Å²) in [6, 6.07) is 9.93. The third-order valence-corrected chi connectivity index (χ3v) is 4.07. The Hall–Kier alpha value is -0.860. The number of hydrogen-bond acceptors (Lipinski definition) is 2. The summed E-state index contributed by atoms with van der Waals surface area (Å²) in [6.45, 7) is 0.584. The van der Waals surface area contributed by atoms with Crippen LogP contribution in [0.5, 0.6) is 0 Å². The van der Waals surface area contributed by atoms with E-state index >= 15 is 0 Å². The molecule has 0 heterocycles. The summed E-state index contributed by atoms with van der Waals surface area (Å²) in [5, 5.41) is 10.5. The van der Waals surface area contributed by atoms with Crippen molar-refractivity contribution in [2.24, 2.45) is 17.6 Å². The average Bonchev–Trinajstić information content (AvgIpc) is 2.42. The molecule has 2 unspecified atom stereocenters. The zero-order chi connectivity index (χ0) is 12.1. The van der Waals surface area contributed by atoms with Crippen molar-refractivity contribution in [2.45, 2.75) is 38.2 Å². The van der Waals surface area contributed by atoms with Crippen molar-refractivity contribution >= 4 is 0 Å². The normalized spacial score (nSPS) is 21.1. The quantitative estimate of drug-likeness (QED) is 0.840. The molecular weight excluding hydrogens is 210 g/mol. The molecule has 2 heteroatoms. The summed E-state index contributed by atoms with van der Waals surface area (Å²) in [5.41, 5.74) is 6.89. The van der Waals surface area contributed by atoms with E-state index in [0.717, 1.165) is 5.56 Å². The predicted octanol–water partition coefficient (Wildman–Crippen LogP) is 2.88. The summed E-state index contributed by atoms with van der Waals surface area (Å²) in [7, 11) is 0. The second kappa shape index (κ2) is 6.18. The third kappa shape index (κ3) is 3.08. The van der Waals surface area contributed by atoms with Crippen LogP contribution >= 0.6 is 0 Å². The fourth-order valence-corrected chi connectivity index (χ4v) is 3.04. The van der Waals surface area contributed by atoms with Crippen molar-refractivity contribution < 1.29 is 5.11 Å². The first kappa shape index (κ1) is 12.6. The van der Waals surface area contributed by atoms with Gasteiger partial charge in [0.05, 0.1) is 6.10 Å². The van der Waals surface area contributed by atoms with E-state index in [9.17, 15) is 5.11 Å². The molecule has 0 aromatic heterocycles. The number of aliphatic hydroxyl groups excluding tert-OH is 1. The van der Waals surface area contributed by atoms with Crippen LogP contribution in [0, 0.1) is 11.8 Å². The molecule has 0 amide bonds. The third-order valence-electron chi connectivity index (χ3n) is 4.07. The Morgan fingerprint density at radius 1 is 1.12 bits per heavy atom. The van der Waals surface area contributed by atoms with Crippen LogP contribution in [0.2, 0.25) is 0 Å². The van der Waals surface area contributed by atoms with Crippen LogP contribution < -0.4 is 5.73 Å². The molecule has 0 saturated heterocycles. The van der Waals surface area contributed by atoms with Gasteiger partial charge in [-0.3, -0.25) is 0 Å². The van der Waals surface area contributed by atoms with Gasteiger partial charge in [0.25, 0.3) is 0 Å². The highest BCUT2D eigenvalue weighted by Crippen LogP contribution is 2.36. The predicted molar refractivity (Wildman–Crippen MR) is 70.5 cm³/mol. The summed E-state index contributed by atoms with van der Waals surface area (Å²) in [4.78, 5) is 0. The molecule has 94 valence electrons. The minimum absolute atomic E-state index is 0.220. The van der Waals surface area contributed by atoms with Gasteiger partial charge in [-0.2, -0.15) is 0 Å². The fraction of sp³-hybridized carbons (Fsp3) is 0.600. The smallest absolute Gasteiger partial charge is 0.0832 e. The molecule has 0 aliphatic heterocycles. The van der Waals surface area contributed by atoms with Gasteiger partial charge < -0.3 is 10.8 Å². The molecule has 2 atom stereocenters. The Kier molecular flexibility index (Phi) is 4.57. The van der Waals surface area contributed by atoms with E-state index < -0.39 is 6.10 Å². The number of nitrogens with two attached hydrogens (primary N) is 1. The number of aliphatic hydroxyl groups is 1. The van der Waals surface area contributed by atoms with E-state index in [1.807, 2.05) is 30.3 Å². The molecule has 0 spiro atoms. The lowest BCUT2D eigenvalue weighted by molar-refractivity contribution is 0.0625. The van der Waals surface area contributed by atoms with Gasteiger partial charge in [0.1, 0.15) is 0 Å². The van der Waals surface area contributed by atoms with Crippen molar-refractivity contribution in [3.63, 3.8) is 0 Å². The topological polar surface area (TPSA) is 46.2 Å². The maximum Gasteiger partial charge on any atom is 0.0832 e. The van der Waals surface area contributed by atoms with Crippen molar-refractivity contribution in [1.29, 1.82) is 0 Å². The highest BCUT2D eigenvalue weighted by molar-refractivity contribution is 5.18. The fourth-order valence-electron chi connectivity index (χ4n) is 3.04. The molecule has 2 rings (SSSR count). The van der Waals surface area contributed by atoms with E-state index in [1.54, 1.807) is 0 Å². The Balaban J connectivity index is 2.06. The zero-order valence-corrected chi connectivity index (χ0v) is 10.4. The second-order valence-electron chi connectivity index (χ2n) is 5.15. The van der Waals surface area contributed by atoms with Gasteiger partial charge in [-0.05, 0) is 18.0 Å². The summed E-state index contributed by atoms with van der Waals surface area (Å²) < 4.78 is 0. The molecule has 1 aliphatic rings. The number of hydrogen-bond donors (Lipinski definition) is 2. The minimum atomic E-state index is -0.399. The van der Waals surface area contributed by atoms with Crippen LogP contribution in [0.3, 0.4) is 0 Å². The Morgan fingerprint density at radius 3 is 2.35 bits per heavy atom. The molecule has 2 nitrogen and oxygen atoms in total. The van der Waals surface area contributed by atoms with Crippen molar-refractivity contribution in [2.75, 3.05) is 6.54 Å². The molecule has 1 fully saturated rings. The molecule has 1 aromatic carbocycles. The van der Waals surface area contributed by atoms with Gasteiger partial charge in [-0.25, -0.2) is 0 Å². The lowest BCUT2D eigenvalue weighted by Crippen LogP contribution is -2.30. The minimum Gasteiger partial charge on any atom is -0.388 e. The highest BCUT2D eigenvalue weighted by Gasteiger charge is 2.29. The van der Waals surface area contributed by atoms with Gasteiger partial charge in [-0.1, -0.05) is 62.4 Å². The molecule has 3 N–H and O–H groups in total. The Bertz CT molecular complexity index is 319. The first-order chi connectivity index (χ1) is 8.33. The largest absolute Gasteiger partial charge is 0.388 e. The van der Waals surface area contributed by atoms with Crippen molar-refractivity contribution in [1.82, 2.24) is 0 Å².